The number of non-ortho nitro benzene ring substituents is 1. The summed E-state index contributed by atoms with van der Waals surface area (Å²) >= 11 is 6.14. The van der Waals surface area contributed by atoms with E-state index in [1.54, 1.807) is 36.4 Å². The largest absolute Gasteiger partial charge is 0.495 e. The molecule has 3 aromatic carbocycles. The SMILES string of the molecule is COc1ccccc1N(Cc1ccc(C(N)=O)cc1)S(=O)(=O)c1cc([N+](=O)[O-])ccc1Cl. The van der Waals surface area contributed by atoms with Gasteiger partial charge in [-0.25, -0.2) is 8.42 Å². The maximum absolute atomic E-state index is 13.7. The Labute approximate surface area is 189 Å². The lowest BCUT2D eigenvalue weighted by Crippen LogP contribution is -2.31. The third-order valence-electron chi connectivity index (χ3n) is 4.61. The van der Waals surface area contributed by atoms with Crippen molar-refractivity contribution in [1.82, 2.24) is 0 Å². The van der Waals surface area contributed by atoms with E-state index in [2.05, 4.69) is 0 Å². The molecule has 0 aliphatic carbocycles. The smallest absolute Gasteiger partial charge is 0.270 e. The lowest BCUT2D eigenvalue weighted by atomic mass is 10.1. The number of carbonyl (C=O) groups excluding carboxylic acids is 1. The number of para-hydroxylation sites is 2. The summed E-state index contributed by atoms with van der Waals surface area (Å²) < 4.78 is 33.7. The van der Waals surface area contributed by atoms with Crippen molar-refractivity contribution < 1.29 is 22.9 Å². The zero-order chi connectivity index (χ0) is 23.5. The number of nitro benzene ring substituents is 1. The molecule has 0 spiro atoms. The molecule has 0 atom stereocenters. The molecule has 166 valence electrons. The average molecular weight is 476 g/mol. The fourth-order valence-electron chi connectivity index (χ4n) is 3.00. The van der Waals surface area contributed by atoms with Crippen molar-refractivity contribution in [2.75, 3.05) is 11.4 Å². The van der Waals surface area contributed by atoms with E-state index < -0.39 is 31.4 Å². The molecule has 0 unspecified atom stereocenters. The molecule has 0 heterocycles. The van der Waals surface area contributed by atoms with E-state index in [0.29, 0.717) is 5.56 Å². The molecule has 11 heteroatoms. The normalized spacial score (nSPS) is 11.1. The molecule has 9 nitrogen and oxygen atoms in total. The second-order valence-corrected chi connectivity index (χ2v) is 8.85. The first kappa shape index (κ1) is 23.0. The Morgan fingerprint density at radius 1 is 1.12 bits per heavy atom. The number of carbonyl (C=O) groups is 1. The third kappa shape index (κ3) is 4.66. The number of anilines is 1. The van der Waals surface area contributed by atoms with Crippen molar-refractivity contribution in [3.8, 4) is 5.75 Å². The minimum absolute atomic E-state index is 0.166. The minimum Gasteiger partial charge on any atom is -0.495 e. The van der Waals surface area contributed by atoms with E-state index in [0.717, 1.165) is 22.5 Å². The molecular formula is C21H18ClN3O6S. The van der Waals surface area contributed by atoms with Crippen LogP contribution in [0.3, 0.4) is 0 Å². The zero-order valence-corrected chi connectivity index (χ0v) is 18.3. The number of benzene rings is 3. The predicted octanol–water partition coefficient (Wildman–Crippen LogP) is 3.75. The monoisotopic (exact) mass is 475 g/mol. The van der Waals surface area contributed by atoms with Crippen molar-refractivity contribution in [2.45, 2.75) is 11.4 Å². The van der Waals surface area contributed by atoms with Crippen LogP contribution in [0, 0.1) is 10.1 Å². The molecule has 0 radical (unpaired) electrons. The van der Waals surface area contributed by atoms with Crippen molar-refractivity contribution in [3.63, 3.8) is 0 Å². The van der Waals surface area contributed by atoms with E-state index in [4.69, 9.17) is 22.1 Å². The Kier molecular flexibility index (Phi) is 6.66. The zero-order valence-electron chi connectivity index (χ0n) is 16.8. The summed E-state index contributed by atoms with van der Waals surface area (Å²) in [5.74, 6) is -0.347. The molecule has 0 aliphatic heterocycles. The maximum Gasteiger partial charge on any atom is 0.270 e. The van der Waals surface area contributed by atoms with Crippen LogP contribution in [-0.4, -0.2) is 26.4 Å². The topological polar surface area (TPSA) is 133 Å². The van der Waals surface area contributed by atoms with Gasteiger partial charge in [0.25, 0.3) is 15.7 Å². The number of rotatable bonds is 8. The van der Waals surface area contributed by atoms with Gasteiger partial charge in [0.05, 0.1) is 29.3 Å². The van der Waals surface area contributed by atoms with Gasteiger partial charge in [0.15, 0.2) is 0 Å². The number of nitrogens with zero attached hydrogens (tertiary/aromatic N) is 2. The molecular weight excluding hydrogens is 458 g/mol. The average Bonchev–Trinajstić information content (AvgIpc) is 2.77. The van der Waals surface area contributed by atoms with Gasteiger partial charge in [0.2, 0.25) is 5.91 Å². The van der Waals surface area contributed by atoms with Crippen LogP contribution >= 0.6 is 11.6 Å². The van der Waals surface area contributed by atoms with Gasteiger partial charge >= 0.3 is 0 Å². The van der Waals surface area contributed by atoms with Gasteiger partial charge in [-0.3, -0.25) is 19.2 Å². The van der Waals surface area contributed by atoms with Gasteiger partial charge in [0.1, 0.15) is 10.6 Å². The van der Waals surface area contributed by atoms with Gasteiger partial charge in [-0.1, -0.05) is 35.9 Å². The van der Waals surface area contributed by atoms with Crippen LogP contribution in [0.1, 0.15) is 15.9 Å². The number of methoxy groups -OCH3 is 1. The lowest BCUT2D eigenvalue weighted by molar-refractivity contribution is -0.385. The Balaban J connectivity index is 2.17. The standard InChI is InChI=1S/C21H18ClN3O6S/c1-31-19-5-3-2-4-18(19)24(13-14-6-8-15(9-7-14)21(23)26)32(29,30)20-12-16(25(27)28)10-11-17(20)22/h2-12H,13H2,1H3,(H2,23,26). The third-order valence-corrected chi connectivity index (χ3v) is 6.85. The first-order chi connectivity index (χ1) is 15.1. The van der Waals surface area contributed by atoms with Crippen LogP contribution in [0.4, 0.5) is 11.4 Å². The molecule has 2 N–H and O–H groups in total. The van der Waals surface area contributed by atoms with Crippen LogP contribution in [-0.2, 0) is 16.6 Å². The molecule has 0 aliphatic rings. The van der Waals surface area contributed by atoms with Crippen LogP contribution in [0.15, 0.2) is 71.6 Å². The highest BCUT2D eigenvalue weighted by Crippen LogP contribution is 2.36. The minimum atomic E-state index is -4.37. The number of sulfonamides is 1. The van der Waals surface area contributed by atoms with Crippen LogP contribution in [0.25, 0.3) is 0 Å². The highest BCUT2D eigenvalue weighted by atomic mass is 35.5. The summed E-state index contributed by atoms with van der Waals surface area (Å²) in [5.41, 5.74) is 5.85. The molecule has 0 saturated heterocycles. The number of nitro groups is 1. The first-order valence-corrected chi connectivity index (χ1v) is 11.0. The maximum atomic E-state index is 13.7. The molecule has 0 bridgehead atoms. The molecule has 0 fully saturated rings. The molecule has 3 aromatic rings. The Morgan fingerprint density at radius 2 is 1.78 bits per heavy atom. The van der Waals surface area contributed by atoms with Gasteiger partial charge < -0.3 is 10.5 Å². The van der Waals surface area contributed by atoms with Gasteiger partial charge in [-0.15, -0.1) is 0 Å². The van der Waals surface area contributed by atoms with Gasteiger partial charge in [-0.2, -0.15) is 0 Å². The summed E-state index contributed by atoms with van der Waals surface area (Å²) in [4.78, 5) is 21.4. The number of primary amides is 1. The lowest BCUT2D eigenvalue weighted by Gasteiger charge is -2.26. The van der Waals surface area contributed by atoms with E-state index in [1.165, 1.54) is 19.2 Å². The van der Waals surface area contributed by atoms with Gasteiger partial charge in [-0.05, 0) is 35.9 Å². The van der Waals surface area contributed by atoms with Crippen molar-refractivity contribution in [1.29, 1.82) is 0 Å². The number of nitrogens with two attached hydrogens (primary N) is 1. The number of hydrogen-bond donors (Lipinski definition) is 1. The summed E-state index contributed by atoms with van der Waals surface area (Å²) in [6, 6.07) is 15.7. The van der Waals surface area contributed by atoms with E-state index in [9.17, 15) is 23.3 Å². The Hall–Kier alpha value is -3.63. The van der Waals surface area contributed by atoms with Crippen molar-refractivity contribution in [3.05, 3.63) is 93.0 Å². The predicted molar refractivity (Wildman–Crippen MR) is 119 cm³/mol. The quantitative estimate of drug-likeness (QED) is 0.389. The van der Waals surface area contributed by atoms with Crippen LogP contribution < -0.4 is 14.8 Å². The first-order valence-electron chi connectivity index (χ1n) is 9.13. The van der Waals surface area contributed by atoms with Crippen molar-refractivity contribution >= 4 is 38.9 Å². The summed E-state index contributed by atoms with van der Waals surface area (Å²) in [6.07, 6.45) is 0. The Morgan fingerprint density at radius 3 is 2.38 bits per heavy atom. The van der Waals surface area contributed by atoms with Crippen LogP contribution in [0.5, 0.6) is 5.75 Å². The van der Waals surface area contributed by atoms with Crippen molar-refractivity contribution in [2.24, 2.45) is 5.73 Å². The highest BCUT2D eigenvalue weighted by molar-refractivity contribution is 7.93. The van der Waals surface area contributed by atoms with E-state index >= 15 is 0 Å². The highest BCUT2D eigenvalue weighted by Gasteiger charge is 2.31. The van der Waals surface area contributed by atoms with Gasteiger partial charge in [0, 0.05) is 17.7 Å². The fourth-order valence-corrected chi connectivity index (χ4v) is 4.96. The fraction of sp³-hybridized carbons (Fsp3) is 0.0952. The van der Waals surface area contributed by atoms with E-state index in [-0.39, 0.29) is 28.6 Å². The van der Waals surface area contributed by atoms with E-state index in [1.807, 2.05) is 0 Å². The molecule has 32 heavy (non-hydrogen) atoms. The Bertz CT molecular complexity index is 1280. The molecule has 1 amide bonds. The number of ether oxygens (including phenoxy) is 1. The summed E-state index contributed by atoms with van der Waals surface area (Å²) in [7, 11) is -2.98. The second-order valence-electron chi connectivity index (χ2n) is 6.62. The number of amides is 1. The number of hydrogen-bond acceptors (Lipinski definition) is 6. The molecule has 3 rings (SSSR count). The number of halogens is 1. The summed E-state index contributed by atoms with van der Waals surface area (Å²) in [5, 5.41) is 11.0. The molecule has 0 aromatic heterocycles. The second kappa shape index (κ2) is 9.25. The summed E-state index contributed by atoms with van der Waals surface area (Å²) in [6.45, 7) is -0.166. The molecule has 0 saturated carbocycles. The van der Waals surface area contributed by atoms with Crippen LogP contribution in [0.2, 0.25) is 5.02 Å².